The number of alkyl halides is 6. The van der Waals surface area contributed by atoms with Crippen LogP contribution in [0.25, 0.3) is 0 Å². The van der Waals surface area contributed by atoms with Crippen molar-refractivity contribution in [3.63, 3.8) is 0 Å². The summed E-state index contributed by atoms with van der Waals surface area (Å²) in [5.74, 6) is -0.338. The zero-order valence-corrected chi connectivity index (χ0v) is 23.5. The van der Waals surface area contributed by atoms with Crippen molar-refractivity contribution in [2.75, 3.05) is 36.4 Å². The molecule has 232 valence electrons. The number of hydrogen-bond acceptors (Lipinski definition) is 4. The van der Waals surface area contributed by atoms with Gasteiger partial charge < -0.3 is 19.9 Å². The van der Waals surface area contributed by atoms with Crippen LogP contribution in [-0.2, 0) is 17.1 Å². The molecule has 4 aromatic carbocycles. The Labute approximate surface area is 253 Å². The predicted molar refractivity (Wildman–Crippen MR) is 154 cm³/mol. The van der Waals surface area contributed by atoms with Crippen molar-refractivity contribution in [2.24, 2.45) is 0 Å². The summed E-state index contributed by atoms with van der Waals surface area (Å²) in [6.07, 6.45) is -10.1. The lowest BCUT2D eigenvalue weighted by atomic mass is 9.86. The monoisotopic (exact) mass is 625 g/mol. The van der Waals surface area contributed by atoms with E-state index in [4.69, 9.17) is 4.74 Å². The number of halogens is 6. The summed E-state index contributed by atoms with van der Waals surface area (Å²) in [6.45, 7) is 1.95. The minimum atomic E-state index is -5.06. The molecule has 2 aliphatic rings. The van der Waals surface area contributed by atoms with Gasteiger partial charge in [0.05, 0.1) is 17.0 Å². The zero-order valence-electron chi connectivity index (χ0n) is 23.5. The van der Waals surface area contributed by atoms with Gasteiger partial charge in [-0.3, -0.25) is 9.59 Å². The summed E-state index contributed by atoms with van der Waals surface area (Å²) in [5.41, 5.74) is -1.32. The Morgan fingerprint density at radius 3 is 1.71 bits per heavy atom. The van der Waals surface area contributed by atoms with Gasteiger partial charge in [0.15, 0.2) is 0 Å². The fourth-order valence-corrected chi connectivity index (χ4v) is 5.59. The highest BCUT2D eigenvalue weighted by Crippen LogP contribution is 2.45. The second kappa shape index (κ2) is 11.5. The lowest BCUT2D eigenvalue weighted by Crippen LogP contribution is -2.50. The van der Waals surface area contributed by atoms with Gasteiger partial charge in [-0.05, 0) is 54.6 Å². The minimum absolute atomic E-state index is 0.0275. The average molecular weight is 626 g/mol. The van der Waals surface area contributed by atoms with Crippen LogP contribution in [0, 0.1) is 0 Å². The number of anilines is 2. The van der Waals surface area contributed by atoms with Crippen molar-refractivity contribution in [1.82, 2.24) is 4.90 Å². The molecule has 2 amide bonds. The average Bonchev–Trinajstić information content (AvgIpc) is 3.02. The molecule has 45 heavy (non-hydrogen) atoms. The van der Waals surface area contributed by atoms with Gasteiger partial charge in [0.1, 0.15) is 11.5 Å². The highest BCUT2D eigenvalue weighted by Gasteiger charge is 2.38. The van der Waals surface area contributed by atoms with Crippen molar-refractivity contribution in [2.45, 2.75) is 18.3 Å². The van der Waals surface area contributed by atoms with Gasteiger partial charge in [0, 0.05) is 54.2 Å². The first-order valence-corrected chi connectivity index (χ1v) is 14.0. The Balaban J connectivity index is 1.12. The molecule has 1 N–H and O–H groups in total. The van der Waals surface area contributed by atoms with E-state index in [1.807, 2.05) is 58.3 Å². The summed E-state index contributed by atoms with van der Waals surface area (Å²) in [5, 5.41) is 2.37. The molecule has 6 nitrogen and oxygen atoms in total. The molecule has 6 rings (SSSR count). The molecule has 0 atom stereocenters. The van der Waals surface area contributed by atoms with Gasteiger partial charge in [-0.15, -0.1) is 0 Å². The van der Waals surface area contributed by atoms with E-state index in [0.29, 0.717) is 49.8 Å². The third-order valence-electron chi connectivity index (χ3n) is 7.86. The Hall–Kier alpha value is -5.00. The van der Waals surface area contributed by atoms with Gasteiger partial charge in [-0.1, -0.05) is 36.4 Å². The predicted octanol–water partition coefficient (Wildman–Crippen LogP) is 7.56. The van der Waals surface area contributed by atoms with Crippen molar-refractivity contribution < 1.29 is 40.7 Å². The summed E-state index contributed by atoms with van der Waals surface area (Å²) in [6, 6.07) is 22.1. The van der Waals surface area contributed by atoms with Crippen LogP contribution in [0.4, 0.5) is 37.7 Å². The van der Waals surface area contributed by atoms with E-state index in [-0.39, 0.29) is 17.7 Å². The molecule has 2 heterocycles. The number of nitrogens with one attached hydrogen (secondary N) is 1. The quantitative estimate of drug-likeness (QED) is 0.238. The van der Waals surface area contributed by atoms with E-state index in [1.165, 1.54) is 12.1 Å². The molecule has 1 fully saturated rings. The second-order valence-corrected chi connectivity index (χ2v) is 10.7. The van der Waals surface area contributed by atoms with Gasteiger partial charge in [-0.2, -0.15) is 26.3 Å². The molecule has 2 aliphatic heterocycles. The van der Waals surface area contributed by atoms with Crippen LogP contribution in [0.3, 0.4) is 0 Å². The standard InChI is InChI=1S/C33H25F6N3O3/c34-32(35,36)21-17-20(18-22(19-21)33(37,38)39)30(43)40-23-9-11-24(12-10-23)41-13-15-42(16-14-41)31(44)29-25-5-1-3-7-27(25)45-28-8-4-2-6-26(28)29/h1-12,17-19,29H,13-16H2,(H,40,43). The number of benzene rings is 4. The molecule has 0 aromatic heterocycles. The molecule has 1 saturated heterocycles. The second-order valence-electron chi connectivity index (χ2n) is 10.7. The number of ether oxygens (including phenoxy) is 1. The van der Waals surface area contributed by atoms with Gasteiger partial charge in [-0.25, -0.2) is 0 Å². The number of fused-ring (bicyclic) bond motifs is 2. The van der Waals surface area contributed by atoms with E-state index in [2.05, 4.69) is 5.32 Å². The summed E-state index contributed by atoms with van der Waals surface area (Å²) in [7, 11) is 0. The maximum Gasteiger partial charge on any atom is 0.416 e. The maximum atomic E-state index is 13.8. The van der Waals surface area contributed by atoms with Crippen molar-refractivity contribution in [1.29, 1.82) is 0 Å². The summed E-state index contributed by atoms with van der Waals surface area (Å²) >= 11 is 0. The maximum absolute atomic E-state index is 13.8. The molecule has 0 spiro atoms. The van der Waals surface area contributed by atoms with E-state index < -0.39 is 40.9 Å². The zero-order chi connectivity index (χ0) is 31.9. The van der Waals surface area contributed by atoms with Crippen LogP contribution in [0.5, 0.6) is 11.5 Å². The van der Waals surface area contributed by atoms with Crippen LogP contribution >= 0.6 is 0 Å². The highest BCUT2D eigenvalue weighted by molar-refractivity contribution is 6.04. The van der Waals surface area contributed by atoms with Crippen molar-refractivity contribution in [3.8, 4) is 11.5 Å². The summed E-state index contributed by atoms with van der Waals surface area (Å²) < 4.78 is 85.2. The molecule has 12 heteroatoms. The number of hydrogen-bond donors (Lipinski definition) is 1. The number of rotatable bonds is 4. The number of amides is 2. The Morgan fingerprint density at radius 2 is 1.20 bits per heavy atom. The third kappa shape index (κ3) is 6.17. The van der Waals surface area contributed by atoms with E-state index in [0.717, 1.165) is 16.8 Å². The SMILES string of the molecule is O=C(Nc1ccc(N2CCN(C(=O)C3c4ccccc4Oc4ccccc43)CC2)cc1)c1cc(C(F)(F)F)cc(C(F)(F)F)c1. The third-order valence-corrected chi connectivity index (χ3v) is 7.86. The van der Waals surface area contributed by atoms with E-state index >= 15 is 0 Å². The molecule has 0 bridgehead atoms. The molecule has 0 aliphatic carbocycles. The molecular weight excluding hydrogens is 600 g/mol. The van der Waals surface area contributed by atoms with E-state index in [1.54, 1.807) is 12.1 Å². The first kappa shape index (κ1) is 30.0. The molecule has 0 unspecified atom stereocenters. The Morgan fingerprint density at radius 1 is 0.689 bits per heavy atom. The number of carbonyl (C=O) groups is 2. The molecule has 0 saturated carbocycles. The van der Waals surface area contributed by atoms with Crippen LogP contribution in [-0.4, -0.2) is 42.9 Å². The topological polar surface area (TPSA) is 61.9 Å². The van der Waals surface area contributed by atoms with Crippen molar-refractivity contribution in [3.05, 3.63) is 119 Å². The molecular formula is C33H25F6N3O3. The van der Waals surface area contributed by atoms with Crippen molar-refractivity contribution >= 4 is 23.2 Å². The lowest BCUT2D eigenvalue weighted by molar-refractivity contribution is -0.143. The largest absolute Gasteiger partial charge is 0.457 e. The fourth-order valence-electron chi connectivity index (χ4n) is 5.59. The number of nitrogens with zero attached hydrogens (tertiary/aromatic N) is 2. The smallest absolute Gasteiger partial charge is 0.416 e. The van der Waals surface area contributed by atoms with Gasteiger partial charge in [0.25, 0.3) is 5.91 Å². The number of carbonyl (C=O) groups excluding carboxylic acids is 2. The molecule has 0 radical (unpaired) electrons. The van der Waals surface area contributed by atoms with Gasteiger partial charge in [0.2, 0.25) is 5.91 Å². The minimum Gasteiger partial charge on any atom is -0.457 e. The Bertz CT molecular complexity index is 1670. The lowest BCUT2D eigenvalue weighted by Gasteiger charge is -2.38. The first-order chi connectivity index (χ1) is 21.4. The Kier molecular flexibility index (Phi) is 7.67. The van der Waals surface area contributed by atoms with Crippen LogP contribution < -0.4 is 15.0 Å². The van der Waals surface area contributed by atoms with Crippen LogP contribution in [0.1, 0.15) is 38.5 Å². The normalized spacial score (nSPS) is 15.2. The van der Waals surface area contributed by atoms with Crippen LogP contribution in [0.15, 0.2) is 91.0 Å². The van der Waals surface area contributed by atoms with Gasteiger partial charge >= 0.3 is 12.4 Å². The highest BCUT2D eigenvalue weighted by atomic mass is 19.4. The fraction of sp³-hybridized carbons (Fsp3) is 0.212. The first-order valence-electron chi connectivity index (χ1n) is 14.0. The summed E-state index contributed by atoms with van der Waals surface area (Å²) in [4.78, 5) is 30.3. The van der Waals surface area contributed by atoms with Crippen LogP contribution in [0.2, 0.25) is 0 Å². The number of piperazine rings is 1. The van der Waals surface area contributed by atoms with E-state index in [9.17, 15) is 35.9 Å². The molecule has 4 aromatic rings. The number of para-hydroxylation sites is 2.